The van der Waals surface area contributed by atoms with Crippen LogP contribution < -0.4 is 0 Å². The molecule has 1 heterocycles. The molecule has 2 nitrogen and oxygen atoms in total. The lowest BCUT2D eigenvalue weighted by Gasteiger charge is -2.24. The number of halogens is 1. The summed E-state index contributed by atoms with van der Waals surface area (Å²) in [6.45, 7) is 11.0. The van der Waals surface area contributed by atoms with Gasteiger partial charge in [0.15, 0.2) is 0 Å². The van der Waals surface area contributed by atoms with E-state index in [-0.39, 0.29) is 10.8 Å². The molecule has 1 aromatic heterocycles. The maximum atomic E-state index is 6.40. The van der Waals surface area contributed by atoms with E-state index in [1.165, 1.54) is 0 Å². The van der Waals surface area contributed by atoms with Crippen LogP contribution in [0.5, 0.6) is 0 Å². The third-order valence-corrected chi connectivity index (χ3v) is 4.45. The second-order valence-corrected chi connectivity index (χ2v) is 6.66. The lowest BCUT2D eigenvalue weighted by molar-refractivity contribution is 0.372. The van der Waals surface area contributed by atoms with Gasteiger partial charge in [-0.2, -0.15) is 5.10 Å². The van der Waals surface area contributed by atoms with Gasteiger partial charge in [0.05, 0.1) is 11.7 Å². The minimum Gasteiger partial charge on any atom is -0.269 e. The van der Waals surface area contributed by atoms with Gasteiger partial charge in [-0.1, -0.05) is 34.6 Å². The quantitative estimate of drug-likeness (QED) is 0.677. The Bertz CT molecular complexity index is 348. The topological polar surface area (TPSA) is 17.8 Å². The molecule has 0 aliphatic heterocycles. The molecular weight excluding hydrogens is 244 g/mol. The largest absolute Gasteiger partial charge is 0.269 e. The number of nitrogens with zero attached hydrogens (tertiary/aromatic N) is 2. The first kappa shape index (κ1) is 15.6. The van der Waals surface area contributed by atoms with E-state index in [0.717, 1.165) is 31.4 Å². The van der Waals surface area contributed by atoms with Crippen molar-refractivity contribution in [3.05, 3.63) is 18.0 Å². The van der Waals surface area contributed by atoms with Crippen LogP contribution >= 0.6 is 11.6 Å². The predicted octanol–water partition coefficient (Wildman–Crippen LogP) is 4.83. The van der Waals surface area contributed by atoms with Gasteiger partial charge in [-0.25, -0.2) is 0 Å². The summed E-state index contributed by atoms with van der Waals surface area (Å²) in [7, 11) is 0. The summed E-state index contributed by atoms with van der Waals surface area (Å²) in [6.07, 6.45) is 6.34. The molecule has 18 heavy (non-hydrogen) atoms. The molecule has 0 N–H and O–H groups in total. The van der Waals surface area contributed by atoms with E-state index in [9.17, 15) is 0 Å². The zero-order valence-corrected chi connectivity index (χ0v) is 13.2. The zero-order chi connectivity index (χ0) is 13.8. The molecule has 3 heteroatoms. The molecular formula is C15H27ClN2. The fraction of sp³-hybridized carbons (Fsp3) is 0.800. The van der Waals surface area contributed by atoms with Gasteiger partial charge in [0.25, 0.3) is 0 Å². The molecule has 1 atom stereocenters. The minimum atomic E-state index is 0.166. The second-order valence-electron chi connectivity index (χ2n) is 6.13. The number of rotatable bonds is 6. The summed E-state index contributed by atoms with van der Waals surface area (Å²) in [4.78, 5) is 0. The van der Waals surface area contributed by atoms with Crippen LogP contribution in [0.25, 0.3) is 0 Å². The van der Waals surface area contributed by atoms with Crippen molar-refractivity contribution < 1.29 is 0 Å². The predicted molar refractivity (Wildman–Crippen MR) is 79.3 cm³/mol. The van der Waals surface area contributed by atoms with Crippen LogP contribution in [0.1, 0.15) is 65.6 Å². The Kier molecular flexibility index (Phi) is 5.71. The number of aromatic nitrogens is 2. The molecule has 1 aromatic rings. The SMILES string of the molecule is CCC(CC)n1ccc(CCC(Cl)C(C)(C)C)n1. The molecule has 0 aromatic carbocycles. The van der Waals surface area contributed by atoms with Crippen LogP contribution in [0.3, 0.4) is 0 Å². The van der Waals surface area contributed by atoms with Gasteiger partial charge < -0.3 is 0 Å². The summed E-state index contributed by atoms with van der Waals surface area (Å²) < 4.78 is 2.11. The maximum absolute atomic E-state index is 6.40. The van der Waals surface area contributed by atoms with Crippen LogP contribution in [0, 0.1) is 5.41 Å². The van der Waals surface area contributed by atoms with Crippen molar-refractivity contribution in [2.45, 2.75) is 71.7 Å². The number of hydrogen-bond acceptors (Lipinski definition) is 1. The van der Waals surface area contributed by atoms with E-state index in [1.54, 1.807) is 0 Å². The fourth-order valence-electron chi connectivity index (χ4n) is 2.08. The van der Waals surface area contributed by atoms with Crippen molar-refractivity contribution in [1.29, 1.82) is 0 Å². The Hall–Kier alpha value is -0.500. The Morgan fingerprint density at radius 2 is 1.89 bits per heavy atom. The van der Waals surface area contributed by atoms with Gasteiger partial charge in [0, 0.05) is 11.6 Å². The number of alkyl halides is 1. The van der Waals surface area contributed by atoms with Gasteiger partial charge >= 0.3 is 0 Å². The first-order valence-corrected chi connectivity index (χ1v) is 7.50. The molecule has 1 unspecified atom stereocenters. The molecule has 0 aliphatic carbocycles. The highest BCUT2D eigenvalue weighted by Crippen LogP contribution is 2.28. The highest BCUT2D eigenvalue weighted by atomic mass is 35.5. The molecule has 0 saturated heterocycles. The summed E-state index contributed by atoms with van der Waals surface area (Å²) in [5, 5.41) is 4.87. The third-order valence-electron chi connectivity index (χ3n) is 3.57. The van der Waals surface area contributed by atoms with Crippen molar-refractivity contribution in [3.63, 3.8) is 0 Å². The van der Waals surface area contributed by atoms with Crippen molar-refractivity contribution in [2.24, 2.45) is 5.41 Å². The second kappa shape index (κ2) is 6.60. The zero-order valence-electron chi connectivity index (χ0n) is 12.4. The molecule has 0 aliphatic rings. The van der Waals surface area contributed by atoms with Crippen molar-refractivity contribution in [3.8, 4) is 0 Å². The third kappa shape index (κ3) is 4.31. The molecule has 104 valence electrons. The van der Waals surface area contributed by atoms with Gasteiger partial charge in [-0.15, -0.1) is 11.6 Å². The standard InChI is InChI=1S/C15H27ClN2/c1-6-13(7-2)18-11-10-12(17-18)8-9-14(16)15(3,4)5/h10-11,13-14H,6-9H2,1-5H3. The fourth-order valence-corrected chi connectivity index (χ4v) is 2.19. The van der Waals surface area contributed by atoms with E-state index in [4.69, 9.17) is 11.6 Å². The monoisotopic (exact) mass is 270 g/mol. The molecule has 0 spiro atoms. The lowest BCUT2D eigenvalue weighted by Crippen LogP contribution is -2.21. The van der Waals surface area contributed by atoms with Crippen LogP contribution in [-0.4, -0.2) is 15.2 Å². The Morgan fingerprint density at radius 3 is 2.39 bits per heavy atom. The van der Waals surface area contributed by atoms with E-state index in [2.05, 4.69) is 56.7 Å². The molecule has 0 fully saturated rings. The Labute approximate surface area is 117 Å². The molecule has 0 radical (unpaired) electrons. The first-order valence-electron chi connectivity index (χ1n) is 7.06. The van der Waals surface area contributed by atoms with E-state index < -0.39 is 0 Å². The highest BCUT2D eigenvalue weighted by molar-refractivity contribution is 6.21. The van der Waals surface area contributed by atoms with E-state index >= 15 is 0 Å². The number of aryl methyl sites for hydroxylation is 1. The van der Waals surface area contributed by atoms with Crippen molar-refractivity contribution in [2.75, 3.05) is 0 Å². The summed E-state index contributed by atoms with van der Waals surface area (Å²) >= 11 is 6.40. The van der Waals surface area contributed by atoms with Crippen LogP contribution in [0.2, 0.25) is 0 Å². The summed E-state index contributed by atoms with van der Waals surface area (Å²) in [5.41, 5.74) is 1.33. The van der Waals surface area contributed by atoms with E-state index in [0.29, 0.717) is 6.04 Å². The van der Waals surface area contributed by atoms with Gasteiger partial charge in [0.1, 0.15) is 0 Å². The smallest absolute Gasteiger partial charge is 0.0625 e. The Morgan fingerprint density at radius 1 is 1.28 bits per heavy atom. The maximum Gasteiger partial charge on any atom is 0.0625 e. The average molecular weight is 271 g/mol. The molecule has 0 bridgehead atoms. The highest BCUT2D eigenvalue weighted by Gasteiger charge is 2.22. The van der Waals surface area contributed by atoms with Gasteiger partial charge in [0.2, 0.25) is 0 Å². The van der Waals surface area contributed by atoms with Crippen molar-refractivity contribution >= 4 is 11.6 Å². The molecule has 0 saturated carbocycles. The van der Waals surface area contributed by atoms with Crippen molar-refractivity contribution in [1.82, 2.24) is 9.78 Å². The van der Waals surface area contributed by atoms with Crippen LogP contribution in [0.4, 0.5) is 0 Å². The minimum absolute atomic E-state index is 0.166. The van der Waals surface area contributed by atoms with Gasteiger partial charge in [-0.05, 0) is 37.2 Å². The molecule has 1 rings (SSSR count). The molecule has 0 amide bonds. The normalized spacial score (nSPS) is 14.2. The summed E-state index contributed by atoms with van der Waals surface area (Å²) in [6, 6.07) is 2.66. The van der Waals surface area contributed by atoms with Crippen LogP contribution in [0.15, 0.2) is 12.3 Å². The average Bonchev–Trinajstić information content (AvgIpc) is 2.75. The summed E-state index contributed by atoms with van der Waals surface area (Å²) in [5.74, 6) is 0. The van der Waals surface area contributed by atoms with E-state index in [1.807, 2.05) is 0 Å². The lowest BCUT2D eigenvalue weighted by atomic mass is 9.89. The Balaban J connectivity index is 2.54. The van der Waals surface area contributed by atoms with Crippen LogP contribution in [-0.2, 0) is 6.42 Å². The number of hydrogen-bond donors (Lipinski definition) is 0. The van der Waals surface area contributed by atoms with Gasteiger partial charge in [-0.3, -0.25) is 4.68 Å². The first-order chi connectivity index (χ1) is 8.38.